The predicted octanol–water partition coefficient (Wildman–Crippen LogP) is 0.843. The second kappa shape index (κ2) is 7.76. The first-order valence-electron chi connectivity index (χ1n) is 6.41. The molecule has 0 saturated carbocycles. The van der Waals surface area contributed by atoms with Crippen LogP contribution in [0.3, 0.4) is 0 Å². The van der Waals surface area contributed by atoms with Gasteiger partial charge in [0.1, 0.15) is 5.75 Å². The summed E-state index contributed by atoms with van der Waals surface area (Å²) in [5.74, 6) is 0.633. The zero-order chi connectivity index (χ0) is 14.3. The Kier molecular flexibility index (Phi) is 6.32. The van der Waals surface area contributed by atoms with Crippen LogP contribution in [-0.4, -0.2) is 37.3 Å². The number of benzene rings is 1. The Labute approximate surface area is 114 Å². The van der Waals surface area contributed by atoms with Crippen LogP contribution in [0.25, 0.3) is 0 Å². The number of methoxy groups -OCH3 is 1. The Hall–Kier alpha value is -1.59. The number of amides is 1. The van der Waals surface area contributed by atoms with Gasteiger partial charge in [-0.15, -0.1) is 0 Å². The molecule has 0 bridgehead atoms. The monoisotopic (exact) mass is 266 g/mol. The molecule has 0 fully saturated rings. The van der Waals surface area contributed by atoms with Crippen LogP contribution >= 0.6 is 0 Å². The highest BCUT2D eigenvalue weighted by molar-refractivity contribution is 5.81. The number of ether oxygens (including phenoxy) is 1. The molecular formula is C14H22N2O3. The SMILES string of the molecule is CCNC(=O)C(C)NCC(O)c1cccc(OC)c1. The van der Waals surface area contributed by atoms with E-state index in [1.54, 1.807) is 20.1 Å². The number of aliphatic hydroxyl groups is 1. The van der Waals surface area contributed by atoms with Gasteiger partial charge >= 0.3 is 0 Å². The van der Waals surface area contributed by atoms with E-state index in [-0.39, 0.29) is 11.9 Å². The second-order valence-corrected chi connectivity index (χ2v) is 4.32. The van der Waals surface area contributed by atoms with Gasteiger partial charge in [-0.3, -0.25) is 4.79 Å². The minimum Gasteiger partial charge on any atom is -0.497 e. The van der Waals surface area contributed by atoms with Crippen molar-refractivity contribution in [3.63, 3.8) is 0 Å². The standard InChI is InChI=1S/C14H22N2O3/c1-4-15-14(18)10(2)16-9-13(17)11-6-5-7-12(8-11)19-3/h5-8,10,13,16-17H,4,9H2,1-3H3,(H,15,18). The zero-order valence-corrected chi connectivity index (χ0v) is 11.6. The molecule has 19 heavy (non-hydrogen) atoms. The molecule has 1 aromatic rings. The highest BCUT2D eigenvalue weighted by Crippen LogP contribution is 2.18. The van der Waals surface area contributed by atoms with Crippen molar-refractivity contribution < 1.29 is 14.6 Å². The number of carbonyl (C=O) groups excluding carboxylic acids is 1. The summed E-state index contributed by atoms with van der Waals surface area (Å²) < 4.78 is 5.11. The largest absolute Gasteiger partial charge is 0.497 e. The van der Waals surface area contributed by atoms with E-state index >= 15 is 0 Å². The zero-order valence-electron chi connectivity index (χ0n) is 11.6. The van der Waals surface area contributed by atoms with Crippen molar-refractivity contribution in [1.82, 2.24) is 10.6 Å². The molecule has 1 amide bonds. The maximum atomic E-state index is 11.5. The maximum absolute atomic E-state index is 11.5. The molecule has 0 radical (unpaired) electrons. The first-order valence-corrected chi connectivity index (χ1v) is 6.41. The van der Waals surface area contributed by atoms with Gasteiger partial charge in [0.2, 0.25) is 5.91 Å². The van der Waals surface area contributed by atoms with Crippen LogP contribution in [0, 0.1) is 0 Å². The maximum Gasteiger partial charge on any atom is 0.236 e. The Morgan fingerprint density at radius 2 is 2.21 bits per heavy atom. The second-order valence-electron chi connectivity index (χ2n) is 4.32. The van der Waals surface area contributed by atoms with E-state index in [1.807, 2.05) is 25.1 Å². The molecule has 0 heterocycles. The van der Waals surface area contributed by atoms with Gasteiger partial charge in [0.05, 0.1) is 19.3 Å². The van der Waals surface area contributed by atoms with E-state index in [9.17, 15) is 9.90 Å². The van der Waals surface area contributed by atoms with Crippen LogP contribution in [0.4, 0.5) is 0 Å². The van der Waals surface area contributed by atoms with E-state index in [4.69, 9.17) is 4.74 Å². The van der Waals surface area contributed by atoms with Gasteiger partial charge < -0.3 is 20.5 Å². The molecule has 106 valence electrons. The summed E-state index contributed by atoms with van der Waals surface area (Å²) in [5.41, 5.74) is 0.759. The highest BCUT2D eigenvalue weighted by Gasteiger charge is 2.14. The van der Waals surface area contributed by atoms with Crippen molar-refractivity contribution in [3.05, 3.63) is 29.8 Å². The summed E-state index contributed by atoms with van der Waals surface area (Å²) in [6.07, 6.45) is -0.674. The summed E-state index contributed by atoms with van der Waals surface area (Å²) in [5, 5.41) is 15.8. The topological polar surface area (TPSA) is 70.6 Å². The van der Waals surface area contributed by atoms with Crippen molar-refractivity contribution in [2.75, 3.05) is 20.2 Å². The summed E-state index contributed by atoms with van der Waals surface area (Å²) in [6, 6.07) is 6.92. The average molecular weight is 266 g/mol. The van der Waals surface area contributed by atoms with Crippen molar-refractivity contribution in [3.8, 4) is 5.75 Å². The van der Waals surface area contributed by atoms with Crippen molar-refractivity contribution in [1.29, 1.82) is 0 Å². The molecule has 0 aromatic heterocycles. The van der Waals surface area contributed by atoms with E-state index in [0.717, 1.165) is 5.56 Å². The number of likely N-dealkylation sites (N-methyl/N-ethyl adjacent to an activating group) is 1. The third-order valence-corrected chi connectivity index (χ3v) is 2.84. The molecule has 0 aliphatic heterocycles. The predicted molar refractivity (Wildman–Crippen MR) is 74.1 cm³/mol. The van der Waals surface area contributed by atoms with E-state index in [1.165, 1.54) is 0 Å². The minimum absolute atomic E-state index is 0.0691. The smallest absolute Gasteiger partial charge is 0.236 e. The fraction of sp³-hybridized carbons (Fsp3) is 0.500. The lowest BCUT2D eigenvalue weighted by molar-refractivity contribution is -0.122. The molecule has 2 unspecified atom stereocenters. The van der Waals surface area contributed by atoms with Crippen molar-refractivity contribution in [2.24, 2.45) is 0 Å². The minimum atomic E-state index is -0.674. The lowest BCUT2D eigenvalue weighted by Gasteiger charge is -2.17. The van der Waals surface area contributed by atoms with Gasteiger partial charge in [-0.05, 0) is 31.5 Å². The van der Waals surface area contributed by atoms with Crippen molar-refractivity contribution in [2.45, 2.75) is 26.0 Å². The molecule has 0 spiro atoms. The molecule has 0 aliphatic rings. The third kappa shape index (κ3) is 4.89. The molecule has 2 atom stereocenters. The Morgan fingerprint density at radius 1 is 1.47 bits per heavy atom. The number of aliphatic hydroxyl groups excluding tert-OH is 1. The number of carbonyl (C=O) groups is 1. The van der Waals surface area contributed by atoms with Crippen molar-refractivity contribution >= 4 is 5.91 Å². The molecule has 0 saturated heterocycles. The first-order chi connectivity index (χ1) is 9.08. The fourth-order valence-electron chi connectivity index (χ4n) is 1.68. The van der Waals surface area contributed by atoms with Crippen LogP contribution in [0.15, 0.2) is 24.3 Å². The van der Waals surface area contributed by atoms with Crippen LogP contribution < -0.4 is 15.4 Å². The van der Waals surface area contributed by atoms with Gasteiger partial charge in [0.25, 0.3) is 0 Å². The summed E-state index contributed by atoms with van der Waals surface area (Å²) >= 11 is 0. The lowest BCUT2D eigenvalue weighted by Crippen LogP contribution is -2.43. The number of hydrogen-bond donors (Lipinski definition) is 3. The Balaban J connectivity index is 2.50. The molecule has 0 aliphatic carbocycles. The quantitative estimate of drug-likeness (QED) is 0.684. The molecule has 5 nitrogen and oxygen atoms in total. The summed E-state index contributed by atoms with van der Waals surface area (Å²) in [4.78, 5) is 11.5. The third-order valence-electron chi connectivity index (χ3n) is 2.84. The first kappa shape index (κ1) is 15.5. The van der Waals surface area contributed by atoms with Gasteiger partial charge in [0, 0.05) is 13.1 Å². The molecule has 1 rings (SSSR count). The number of hydrogen-bond acceptors (Lipinski definition) is 4. The highest BCUT2D eigenvalue weighted by atomic mass is 16.5. The van der Waals surface area contributed by atoms with Crippen LogP contribution in [-0.2, 0) is 4.79 Å². The van der Waals surface area contributed by atoms with Gasteiger partial charge in [-0.1, -0.05) is 12.1 Å². The normalized spacial score (nSPS) is 13.7. The van der Waals surface area contributed by atoms with Gasteiger partial charge in [-0.25, -0.2) is 0 Å². The van der Waals surface area contributed by atoms with E-state index in [0.29, 0.717) is 18.8 Å². The molecule has 5 heteroatoms. The van der Waals surface area contributed by atoms with Gasteiger partial charge in [0.15, 0.2) is 0 Å². The van der Waals surface area contributed by atoms with E-state index < -0.39 is 6.10 Å². The Morgan fingerprint density at radius 3 is 2.84 bits per heavy atom. The molecular weight excluding hydrogens is 244 g/mol. The van der Waals surface area contributed by atoms with Crippen LogP contribution in [0.1, 0.15) is 25.5 Å². The van der Waals surface area contributed by atoms with Gasteiger partial charge in [-0.2, -0.15) is 0 Å². The Bertz CT molecular complexity index is 409. The number of nitrogens with one attached hydrogen (secondary N) is 2. The van der Waals surface area contributed by atoms with Crippen LogP contribution in [0.5, 0.6) is 5.75 Å². The summed E-state index contributed by atoms with van der Waals surface area (Å²) in [6.45, 7) is 4.55. The summed E-state index contributed by atoms with van der Waals surface area (Å²) in [7, 11) is 1.58. The lowest BCUT2D eigenvalue weighted by atomic mass is 10.1. The average Bonchev–Trinajstić information content (AvgIpc) is 2.44. The molecule has 1 aromatic carbocycles. The fourth-order valence-corrected chi connectivity index (χ4v) is 1.68. The van der Waals surface area contributed by atoms with Crippen LogP contribution in [0.2, 0.25) is 0 Å². The van der Waals surface area contributed by atoms with E-state index in [2.05, 4.69) is 10.6 Å². The number of rotatable bonds is 7. The molecule has 3 N–H and O–H groups in total.